The van der Waals surface area contributed by atoms with Crippen LogP contribution in [0.1, 0.15) is 5.56 Å². The molecule has 0 aliphatic carbocycles. The minimum absolute atomic E-state index is 0.237. The molecular weight excluding hydrogens is 295 g/mol. The number of rotatable bonds is 3. The predicted molar refractivity (Wildman–Crippen MR) is 77.1 cm³/mol. The van der Waals surface area contributed by atoms with Crippen molar-refractivity contribution < 1.29 is 4.39 Å². The molecule has 0 fully saturated rings. The van der Waals surface area contributed by atoms with Gasteiger partial charge < -0.3 is 10.6 Å². The van der Waals surface area contributed by atoms with Crippen LogP contribution in [0.25, 0.3) is 0 Å². The Bertz CT molecular complexity index is 537. The average Bonchev–Trinajstić information content (AvgIpc) is 2.34. The Kier molecular flexibility index (Phi) is 3.87. The Labute approximate surface area is 114 Å². The summed E-state index contributed by atoms with van der Waals surface area (Å²) in [5.74, 6) is -0.237. The number of halogens is 2. The third-order valence-electron chi connectivity index (χ3n) is 2.80. The zero-order chi connectivity index (χ0) is 13.1. The van der Waals surface area contributed by atoms with E-state index in [1.54, 1.807) is 6.07 Å². The molecule has 2 nitrogen and oxygen atoms in total. The SMILES string of the molecule is CN(Cc1c(N)cccc1Br)c1cccc(F)c1. The van der Waals surface area contributed by atoms with Crippen molar-refractivity contribution in [1.82, 2.24) is 0 Å². The van der Waals surface area contributed by atoms with Gasteiger partial charge in [-0.15, -0.1) is 0 Å². The van der Waals surface area contributed by atoms with Crippen LogP contribution < -0.4 is 10.6 Å². The van der Waals surface area contributed by atoms with Crippen molar-refractivity contribution in [3.8, 4) is 0 Å². The first-order chi connectivity index (χ1) is 8.58. The van der Waals surface area contributed by atoms with Gasteiger partial charge in [-0.1, -0.05) is 28.1 Å². The first-order valence-corrected chi connectivity index (χ1v) is 6.37. The summed E-state index contributed by atoms with van der Waals surface area (Å²) in [5, 5.41) is 0. The van der Waals surface area contributed by atoms with Crippen LogP contribution in [0.5, 0.6) is 0 Å². The minimum Gasteiger partial charge on any atom is -0.398 e. The third kappa shape index (κ3) is 2.82. The van der Waals surface area contributed by atoms with E-state index in [2.05, 4.69) is 15.9 Å². The second kappa shape index (κ2) is 5.40. The number of nitrogen functional groups attached to an aromatic ring is 1. The summed E-state index contributed by atoms with van der Waals surface area (Å²) in [6.07, 6.45) is 0. The van der Waals surface area contributed by atoms with Crippen molar-refractivity contribution >= 4 is 27.3 Å². The molecule has 2 aromatic rings. The molecule has 0 aliphatic heterocycles. The predicted octanol–water partition coefficient (Wildman–Crippen LogP) is 3.81. The zero-order valence-corrected chi connectivity index (χ0v) is 11.6. The summed E-state index contributed by atoms with van der Waals surface area (Å²) in [6.45, 7) is 0.622. The molecule has 18 heavy (non-hydrogen) atoms. The van der Waals surface area contributed by atoms with Gasteiger partial charge in [-0.05, 0) is 30.3 Å². The normalized spacial score (nSPS) is 10.4. The highest BCUT2D eigenvalue weighted by Gasteiger charge is 2.08. The maximum atomic E-state index is 13.2. The highest BCUT2D eigenvalue weighted by atomic mass is 79.9. The van der Waals surface area contributed by atoms with Crippen molar-refractivity contribution in [2.45, 2.75) is 6.54 Å². The standard InChI is InChI=1S/C14H14BrFN2/c1-18(11-5-2-4-10(16)8-11)9-12-13(15)6-3-7-14(12)17/h2-8H,9,17H2,1H3. The number of anilines is 2. The third-order valence-corrected chi connectivity index (χ3v) is 3.54. The zero-order valence-electron chi connectivity index (χ0n) is 10.0. The van der Waals surface area contributed by atoms with Crippen molar-refractivity contribution in [1.29, 1.82) is 0 Å². The van der Waals surface area contributed by atoms with Gasteiger partial charge >= 0.3 is 0 Å². The first-order valence-electron chi connectivity index (χ1n) is 5.57. The van der Waals surface area contributed by atoms with E-state index in [4.69, 9.17) is 5.73 Å². The largest absolute Gasteiger partial charge is 0.398 e. The second-order valence-corrected chi connectivity index (χ2v) is 5.00. The van der Waals surface area contributed by atoms with Crippen molar-refractivity contribution in [2.75, 3.05) is 17.7 Å². The highest BCUT2D eigenvalue weighted by molar-refractivity contribution is 9.10. The Morgan fingerprint density at radius 3 is 2.61 bits per heavy atom. The average molecular weight is 309 g/mol. The maximum absolute atomic E-state index is 13.2. The lowest BCUT2D eigenvalue weighted by atomic mass is 10.1. The number of nitrogens with zero attached hydrogens (tertiary/aromatic N) is 1. The van der Waals surface area contributed by atoms with E-state index in [0.29, 0.717) is 6.54 Å². The maximum Gasteiger partial charge on any atom is 0.125 e. The molecule has 0 saturated heterocycles. The molecule has 2 aromatic carbocycles. The highest BCUT2D eigenvalue weighted by Crippen LogP contribution is 2.25. The summed E-state index contributed by atoms with van der Waals surface area (Å²) in [7, 11) is 1.91. The fourth-order valence-electron chi connectivity index (χ4n) is 1.78. The lowest BCUT2D eigenvalue weighted by Crippen LogP contribution is -2.17. The van der Waals surface area contributed by atoms with Gasteiger partial charge in [0.15, 0.2) is 0 Å². The van der Waals surface area contributed by atoms with Crippen molar-refractivity contribution in [3.05, 3.63) is 58.3 Å². The Morgan fingerprint density at radius 2 is 1.94 bits per heavy atom. The molecule has 0 aromatic heterocycles. The van der Waals surface area contributed by atoms with Gasteiger partial charge in [-0.3, -0.25) is 0 Å². The molecule has 0 heterocycles. The molecule has 0 amide bonds. The minimum atomic E-state index is -0.237. The van der Waals surface area contributed by atoms with Crippen LogP contribution in [-0.2, 0) is 6.54 Å². The molecule has 2 rings (SSSR count). The van der Waals surface area contributed by atoms with E-state index in [0.717, 1.165) is 21.4 Å². The molecule has 0 unspecified atom stereocenters. The van der Waals surface area contributed by atoms with Crippen LogP contribution in [0, 0.1) is 5.82 Å². The summed E-state index contributed by atoms with van der Waals surface area (Å²) in [6, 6.07) is 12.2. The van der Waals surface area contributed by atoms with E-state index >= 15 is 0 Å². The van der Waals surface area contributed by atoms with Crippen LogP contribution in [0.3, 0.4) is 0 Å². The summed E-state index contributed by atoms with van der Waals surface area (Å²) in [4.78, 5) is 1.96. The van der Waals surface area contributed by atoms with Crippen LogP contribution in [0.2, 0.25) is 0 Å². The van der Waals surface area contributed by atoms with Gasteiger partial charge in [0, 0.05) is 35.0 Å². The molecular formula is C14H14BrFN2. The van der Waals surface area contributed by atoms with Crippen LogP contribution in [0.4, 0.5) is 15.8 Å². The lowest BCUT2D eigenvalue weighted by Gasteiger charge is -2.21. The van der Waals surface area contributed by atoms with Crippen molar-refractivity contribution in [2.24, 2.45) is 0 Å². The van der Waals surface area contributed by atoms with E-state index in [1.807, 2.05) is 36.2 Å². The molecule has 0 saturated carbocycles. The summed E-state index contributed by atoms with van der Waals surface area (Å²) >= 11 is 3.48. The fraction of sp³-hybridized carbons (Fsp3) is 0.143. The molecule has 4 heteroatoms. The van der Waals surface area contributed by atoms with Gasteiger partial charge in [0.1, 0.15) is 5.82 Å². The van der Waals surface area contributed by atoms with Gasteiger partial charge in [-0.2, -0.15) is 0 Å². The van der Waals surface area contributed by atoms with Crippen LogP contribution >= 0.6 is 15.9 Å². The van der Waals surface area contributed by atoms with Crippen molar-refractivity contribution in [3.63, 3.8) is 0 Å². The molecule has 0 spiro atoms. The Morgan fingerprint density at radius 1 is 1.22 bits per heavy atom. The Hall–Kier alpha value is -1.55. The smallest absolute Gasteiger partial charge is 0.125 e. The summed E-state index contributed by atoms with van der Waals surface area (Å²) < 4.78 is 14.1. The summed E-state index contributed by atoms with van der Waals surface area (Å²) in [5.41, 5.74) is 8.50. The molecule has 0 bridgehead atoms. The molecule has 94 valence electrons. The molecule has 0 aliphatic rings. The molecule has 2 N–H and O–H groups in total. The van der Waals surface area contributed by atoms with Crippen LogP contribution in [0.15, 0.2) is 46.9 Å². The Balaban J connectivity index is 2.24. The topological polar surface area (TPSA) is 29.3 Å². The van der Waals surface area contributed by atoms with E-state index in [9.17, 15) is 4.39 Å². The first kappa shape index (κ1) is 12.9. The van der Waals surface area contributed by atoms with Gasteiger partial charge in [0.2, 0.25) is 0 Å². The van der Waals surface area contributed by atoms with E-state index < -0.39 is 0 Å². The molecule has 0 atom stereocenters. The lowest BCUT2D eigenvalue weighted by molar-refractivity contribution is 0.627. The number of nitrogens with two attached hydrogens (primary N) is 1. The van der Waals surface area contributed by atoms with E-state index in [-0.39, 0.29) is 5.82 Å². The molecule has 0 radical (unpaired) electrons. The van der Waals surface area contributed by atoms with Gasteiger partial charge in [0.05, 0.1) is 0 Å². The monoisotopic (exact) mass is 308 g/mol. The van der Waals surface area contributed by atoms with Crippen LogP contribution in [-0.4, -0.2) is 7.05 Å². The van der Waals surface area contributed by atoms with Gasteiger partial charge in [0.25, 0.3) is 0 Å². The fourth-order valence-corrected chi connectivity index (χ4v) is 2.29. The number of hydrogen-bond acceptors (Lipinski definition) is 2. The van der Waals surface area contributed by atoms with Gasteiger partial charge in [-0.25, -0.2) is 4.39 Å². The number of hydrogen-bond donors (Lipinski definition) is 1. The van der Waals surface area contributed by atoms with E-state index in [1.165, 1.54) is 12.1 Å². The number of benzene rings is 2. The second-order valence-electron chi connectivity index (χ2n) is 4.14. The quantitative estimate of drug-likeness (QED) is 0.874.